The third-order valence-electron chi connectivity index (χ3n) is 5.74. The summed E-state index contributed by atoms with van der Waals surface area (Å²) in [6.07, 6.45) is -4.72. The Labute approximate surface area is 180 Å². The van der Waals surface area contributed by atoms with E-state index >= 15 is 0 Å². The van der Waals surface area contributed by atoms with E-state index in [1.165, 1.54) is 18.7 Å². The molecule has 0 unspecified atom stereocenters. The molecule has 31 heavy (non-hydrogen) atoms. The molecule has 0 radical (unpaired) electrons. The molecule has 1 heterocycles. The first kappa shape index (κ1) is 25.4. The first-order chi connectivity index (χ1) is 13.9. The predicted molar refractivity (Wildman–Crippen MR) is 108 cm³/mol. The Morgan fingerprint density at radius 3 is 2.03 bits per heavy atom. The van der Waals surface area contributed by atoms with E-state index in [0.717, 1.165) is 6.92 Å². The van der Waals surface area contributed by atoms with Gasteiger partial charge in [0.2, 0.25) is 0 Å². The van der Waals surface area contributed by atoms with Crippen LogP contribution in [-0.4, -0.2) is 42.8 Å². The summed E-state index contributed by atoms with van der Waals surface area (Å²) in [5, 5.41) is 0. The Balaban J connectivity index is 2.30. The van der Waals surface area contributed by atoms with Crippen LogP contribution < -0.4 is 0 Å². The van der Waals surface area contributed by atoms with Gasteiger partial charge in [0.05, 0.1) is 15.2 Å². The fourth-order valence-corrected chi connectivity index (χ4v) is 5.71. The number of benzene rings is 1. The minimum atomic E-state index is -4.87. The number of likely N-dealkylation sites (tertiary alicyclic amines) is 1. The van der Waals surface area contributed by atoms with Gasteiger partial charge in [-0.15, -0.1) is 0 Å². The van der Waals surface area contributed by atoms with E-state index in [-0.39, 0.29) is 18.7 Å². The van der Waals surface area contributed by atoms with Gasteiger partial charge in [-0.2, -0.15) is 13.2 Å². The van der Waals surface area contributed by atoms with E-state index in [4.69, 9.17) is 4.74 Å². The zero-order valence-corrected chi connectivity index (χ0v) is 19.4. The van der Waals surface area contributed by atoms with Crippen LogP contribution in [0.2, 0.25) is 0 Å². The van der Waals surface area contributed by atoms with E-state index in [9.17, 15) is 30.8 Å². The lowest BCUT2D eigenvalue weighted by atomic mass is 9.86. The van der Waals surface area contributed by atoms with Crippen molar-refractivity contribution >= 4 is 15.9 Å². The quantitative estimate of drug-likeness (QED) is 0.562. The van der Waals surface area contributed by atoms with Crippen LogP contribution in [0.3, 0.4) is 0 Å². The number of rotatable bonds is 3. The van der Waals surface area contributed by atoms with Gasteiger partial charge < -0.3 is 9.64 Å². The maximum atomic E-state index is 14.2. The minimum absolute atomic E-state index is 0.258. The van der Waals surface area contributed by atoms with Gasteiger partial charge in [-0.05, 0) is 72.4 Å². The Bertz CT molecular complexity index is 941. The molecule has 1 saturated heterocycles. The maximum Gasteiger partial charge on any atom is 0.416 e. The van der Waals surface area contributed by atoms with Crippen LogP contribution in [0.4, 0.5) is 22.4 Å². The van der Waals surface area contributed by atoms with Crippen molar-refractivity contribution in [1.82, 2.24) is 4.90 Å². The molecule has 0 aliphatic carbocycles. The summed E-state index contributed by atoms with van der Waals surface area (Å²) in [7, 11) is -4.32. The molecule has 176 valence electrons. The Hall–Kier alpha value is -1.84. The molecule has 0 spiro atoms. The lowest BCUT2D eigenvalue weighted by molar-refractivity contribution is -0.137. The topological polar surface area (TPSA) is 63.7 Å². The molecule has 1 aromatic rings. The zero-order chi connectivity index (χ0) is 24.0. The number of piperidine rings is 1. The van der Waals surface area contributed by atoms with Crippen molar-refractivity contribution in [1.29, 1.82) is 0 Å². The fourth-order valence-electron chi connectivity index (χ4n) is 3.68. The van der Waals surface area contributed by atoms with Gasteiger partial charge in [-0.25, -0.2) is 17.6 Å². The van der Waals surface area contributed by atoms with Crippen molar-refractivity contribution in [2.45, 2.75) is 75.8 Å². The molecule has 0 atom stereocenters. The highest BCUT2D eigenvalue weighted by Gasteiger charge is 2.46. The summed E-state index contributed by atoms with van der Waals surface area (Å²) in [5.41, 5.74) is -2.35. The average molecular weight is 468 g/mol. The highest BCUT2D eigenvalue weighted by atomic mass is 32.2. The lowest BCUT2D eigenvalue weighted by Gasteiger charge is -2.40. The number of hydrogen-bond acceptors (Lipinski definition) is 4. The first-order valence-corrected chi connectivity index (χ1v) is 11.5. The Kier molecular flexibility index (Phi) is 6.77. The number of ether oxygens (including phenoxy) is 1. The molecule has 0 N–H and O–H groups in total. The van der Waals surface area contributed by atoms with E-state index in [2.05, 4.69) is 0 Å². The van der Waals surface area contributed by atoms with Gasteiger partial charge in [-0.1, -0.05) is 0 Å². The molecule has 1 amide bonds. The number of hydrogen-bond donors (Lipinski definition) is 0. The van der Waals surface area contributed by atoms with Gasteiger partial charge in [0.1, 0.15) is 11.4 Å². The van der Waals surface area contributed by atoms with Crippen molar-refractivity contribution in [3.8, 4) is 0 Å². The van der Waals surface area contributed by atoms with Gasteiger partial charge in [0.25, 0.3) is 0 Å². The summed E-state index contributed by atoms with van der Waals surface area (Å²) < 4.78 is 84.2. The van der Waals surface area contributed by atoms with E-state index < -0.39 is 54.6 Å². The largest absolute Gasteiger partial charge is 0.444 e. The van der Waals surface area contributed by atoms with Crippen molar-refractivity contribution in [3.63, 3.8) is 0 Å². The van der Waals surface area contributed by atoms with Crippen molar-refractivity contribution in [2.75, 3.05) is 13.1 Å². The predicted octanol–water partition coefficient (Wildman–Crippen LogP) is 5.35. The molecule has 0 bridgehead atoms. The van der Waals surface area contributed by atoms with E-state index in [0.29, 0.717) is 25.0 Å². The molecule has 1 aliphatic heterocycles. The van der Waals surface area contributed by atoms with Crippen LogP contribution in [-0.2, 0) is 20.8 Å². The third-order valence-corrected chi connectivity index (χ3v) is 8.46. The number of nitrogens with zero attached hydrogens (tertiary/aromatic N) is 1. The molecular weight excluding hydrogens is 438 g/mol. The summed E-state index contributed by atoms with van der Waals surface area (Å²) in [6.45, 7) is 9.77. The van der Waals surface area contributed by atoms with Crippen molar-refractivity contribution in [3.05, 3.63) is 29.1 Å². The molecule has 10 heteroatoms. The number of alkyl halides is 3. The summed E-state index contributed by atoms with van der Waals surface area (Å²) >= 11 is 0. The molecule has 5 nitrogen and oxygen atoms in total. The van der Waals surface area contributed by atoms with Crippen LogP contribution in [0.5, 0.6) is 0 Å². The van der Waals surface area contributed by atoms with Gasteiger partial charge in [-0.3, -0.25) is 0 Å². The maximum absolute atomic E-state index is 14.2. The van der Waals surface area contributed by atoms with Crippen LogP contribution >= 0.6 is 0 Å². The zero-order valence-electron chi connectivity index (χ0n) is 18.6. The molecular formula is C21H29F4NO4S. The normalized spacial score (nSPS) is 17.0. The minimum Gasteiger partial charge on any atom is -0.444 e. The van der Waals surface area contributed by atoms with E-state index in [1.807, 2.05) is 0 Å². The van der Waals surface area contributed by atoms with Gasteiger partial charge in [0, 0.05) is 18.7 Å². The number of sulfone groups is 1. The van der Waals surface area contributed by atoms with E-state index in [1.54, 1.807) is 20.8 Å². The number of carbonyl (C=O) groups excluding carboxylic acids is 1. The fraction of sp³-hybridized carbons (Fsp3) is 0.667. The first-order valence-electron chi connectivity index (χ1n) is 9.98. The number of halogens is 4. The van der Waals surface area contributed by atoms with Crippen LogP contribution in [0.25, 0.3) is 0 Å². The highest BCUT2D eigenvalue weighted by Crippen LogP contribution is 2.41. The second kappa shape index (κ2) is 8.26. The summed E-state index contributed by atoms with van der Waals surface area (Å²) in [4.78, 5) is 13.1. The van der Waals surface area contributed by atoms with Crippen molar-refractivity contribution in [2.24, 2.45) is 5.92 Å². The highest BCUT2D eigenvalue weighted by molar-refractivity contribution is 7.92. The van der Waals surface area contributed by atoms with Crippen LogP contribution in [0.15, 0.2) is 17.0 Å². The summed E-state index contributed by atoms with van der Waals surface area (Å²) in [5.74, 6) is -1.66. The molecule has 1 aliphatic rings. The van der Waals surface area contributed by atoms with Crippen molar-refractivity contribution < 1.29 is 35.5 Å². The number of carbonyl (C=O) groups is 1. The smallest absolute Gasteiger partial charge is 0.416 e. The monoisotopic (exact) mass is 467 g/mol. The Morgan fingerprint density at radius 1 is 1.06 bits per heavy atom. The molecule has 0 aromatic heterocycles. The number of amides is 1. The Morgan fingerprint density at radius 2 is 1.58 bits per heavy atom. The third kappa shape index (κ3) is 5.32. The molecule has 1 fully saturated rings. The molecule has 2 rings (SSSR count). The SMILES string of the molecule is Cc1c(F)cc(C(F)(F)F)cc1S(=O)(=O)C(C)(C)C1CCN(C(=O)OC(C)(C)C)CC1. The van der Waals surface area contributed by atoms with Crippen LogP contribution in [0, 0.1) is 18.7 Å². The summed E-state index contributed by atoms with van der Waals surface area (Å²) in [6, 6.07) is 0.812. The molecule has 1 aromatic carbocycles. The lowest BCUT2D eigenvalue weighted by Crippen LogP contribution is -2.48. The van der Waals surface area contributed by atoms with Gasteiger partial charge >= 0.3 is 12.3 Å². The second-order valence-electron chi connectivity index (χ2n) is 9.43. The van der Waals surface area contributed by atoms with Gasteiger partial charge in [0.15, 0.2) is 9.84 Å². The standard InChI is InChI=1S/C21H29F4NO4S/c1-13-16(22)11-15(21(23,24)25)12-17(13)31(28,29)20(5,6)14-7-9-26(10-8-14)18(27)30-19(2,3)4/h11-12,14H,7-10H2,1-6H3. The second-order valence-corrected chi connectivity index (χ2v) is 11.9. The van der Waals surface area contributed by atoms with Crippen LogP contribution in [0.1, 0.15) is 58.6 Å². The average Bonchev–Trinajstić information content (AvgIpc) is 2.61. The molecule has 0 saturated carbocycles.